The molecule has 144 valence electrons. The highest BCUT2D eigenvalue weighted by atomic mass is 79.9. The van der Waals surface area contributed by atoms with Crippen molar-refractivity contribution in [2.24, 2.45) is 0 Å². The molecule has 6 heteroatoms. The van der Waals surface area contributed by atoms with Gasteiger partial charge in [0.25, 0.3) is 5.91 Å². The Hall–Kier alpha value is -2.73. The smallest absolute Gasteiger partial charge is 0.252 e. The minimum absolute atomic E-state index is 0.133. The van der Waals surface area contributed by atoms with Gasteiger partial charge in [-0.1, -0.05) is 42.5 Å². The van der Waals surface area contributed by atoms with Crippen molar-refractivity contribution >= 4 is 38.5 Å². The van der Waals surface area contributed by atoms with Gasteiger partial charge in [0.1, 0.15) is 5.82 Å². The molecule has 0 aliphatic rings. The van der Waals surface area contributed by atoms with Crippen LogP contribution in [0, 0.1) is 5.82 Å². The molecule has 0 spiro atoms. The Bertz CT molecular complexity index is 1020. The second-order valence-corrected chi connectivity index (χ2v) is 7.34. The highest BCUT2D eigenvalue weighted by molar-refractivity contribution is 9.10. The molecule has 28 heavy (non-hydrogen) atoms. The first kappa shape index (κ1) is 20.0. The van der Waals surface area contributed by atoms with Gasteiger partial charge in [0.15, 0.2) is 0 Å². The molecule has 1 unspecified atom stereocenters. The van der Waals surface area contributed by atoms with Crippen molar-refractivity contribution in [3.8, 4) is 0 Å². The van der Waals surface area contributed by atoms with Gasteiger partial charge in [-0.15, -0.1) is 0 Å². The molecule has 2 amide bonds. The standard InChI is InChI=1S/C22H20BrFN2O2/c1-14(17-8-4-6-15-5-2-3-7-18(15)17)26-21(27)11-12-25-22(28)19-13-16(24)9-10-20(19)23/h2-10,13-14H,11-12H2,1H3,(H,25,28)(H,26,27). The molecule has 0 saturated carbocycles. The predicted molar refractivity (Wildman–Crippen MR) is 112 cm³/mol. The molecule has 0 fully saturated rings. The number of benzene rings is 3. The van der Waals surface area contributed by atoms with E-state index in [1.54, 1.807) is 0 Å². The number of rotatable bonds is 6. The van der Waals surface area contributed by atoms with Crippen LogP contribution in [0.15, 0.2) is 65.1 Å². The van der Waals surface area contributed by atoms with Gasteiger partial charge >= 0.3 is 0 Å². The van der Waals surface area contributed by atoms with Crippen LogP contribution >= 0.6 is 15.9 Å². The van der Waals surface area contributed by atoms with Crippen molar-refractivity contribution in [3.05, 3.63) is 82.1 Å². The van der Waals surface area contributed by atoms with Gasteiger partial charge < -0.3 is 10.6 Å². The van der Waals surface area contributed by atoms with Crippen LogP contribution in [0.2, 0.25) is 0 Å². The normalized spacial score (nSPS) is 11.8. The van der Waals surface area contributed by atoms with Crippen LogP contribution in [0.25, 0.3) is 10.8 Å². The number of nitrogens with one attached hydrogen (secondary N) is 2. The van der Waals surface area contributed by atoms with E-state index in [4.69, 9.17) is 0 Å². The minimum atomic E-state index is -0.491. The lowest BCUT2D eigenvalue weighted by molar-refractivity contribution is -0.121. The Morgan fingerprint density at radius 3 is 2.64 bits per heavy atom. The van der Waals surface area contributed by atoms with Gasteiger partial charge in [0.05, 0.1) is 11.6 Å². The van der Waals surface area contributed by atoms with Gasteiger partial charge in [-0.3, -0.25) is 9.59 Å². The summed E-state index contributed by atoms with van der Waals surface area (Å²) in [4.78, 5) is 24.4. The lowest BCUT2D eigenvalue weighted by Gasteiger charge is -2.17. The third kappa shape index (κ3) is 4.75. The summed E-state index contributed by atoms with van der Waals surface area (Å²) in [5.41, 5.74) is 1.24. The molecular formula is C22H20BrFN2O2. The molecule has 0 aromatic heterocycles. The molecule has 3 aromatic rings. The summed E-state index contributed by atoms with van der Waals surface area (Å²) in [7, 11) is 0. The van der Waals surface area contributed by atoms with E-state index in [1.807, 2.05) is 49.4 Å². The first-order valence-corrected chi connectivity index (χ1v) is 9.75. The third-order valence-corrected chi connectivity index (χ3v) is 5.17. The number of carbonyl (C=O) groups excluding carboxylic acids is 2. The minimum Gasteiger partial charge on any atom is -0.351 e. The summed E-state index contributed by atoms with van der Waals surface area (Å²) in [5.74, 6) is -1.09. The van der Waals surface area contributed by atoms with Crippen molar-refractivity contribution in [1.29, 1.82) is 0 Å². The first-order valence-electron chi connectivity index (χ1n) is 8.96. The second kappa shape index (κ2) is 8.97. The molecule has 4 nitrogen and oxygen atoms in total. The summed E-state index contributed by atoms with van der Waals surface area (Å²) in [5, 5.41) is 7.83. The van der Waals surface area contributed by atoms with Crippen LogP contribution in [0.1, 0.15) is 35.3 Å². The molecule has 3 rings (SSSR count). The lowest BCUT2D eigenvalue weighted by Crippen LogP contribution is -2.32. The third-order valence-electron chi connectivity index (χ3n) is 4.48. The van der Waals surface area contributed by atoms with Crippen molar-refractivity contribution in [3.63, 3.8) is 0 Å². The van der Waals surface area contributed by atoms with Crippen LogP contribution in [0.5, 0.6) is 0 Å². The summed E-state index contributed by atoms with van der Waals surface area (Å²) in [6, 6.07) is 17.8. The topological polar surface area (TPSA) is 58.2 Å². The molecule has 0 bridgehead atoms. The summed E-state index contributed by atoms with van der Waals surface area (Å²) in [6.07, 6.45) is 0.133. The van der Waals surface area contributed by atoms with Crippen LogP contribution in [0.3, 0.4) is 0 Å². The van der Waals surface area contributed by atoms with Crippen molar-refractivity contribution in [2.45, 2.75) is 19.4 Å². The molecular weight excluding hydrogens is 423 g/mol. The zero-order valence-corrected chi connectivity index (χ0v) is 16.9. The van der Waals surface area contributed by atoms with E-state index in [-0.39, 0.29) is 30.5 Å². The van der Waals surface area contributed by atoms with Crippen molar-refractivity contribution in [1.82, 2.24) is 10.6 Å². The average molecular weight is 443 g/mol. The molecule has 0 heterocycles. The maximum atomic E-state index is 13.3. The highest BCUT2D eigenvalue weighted by Gasteiger charge is 2.14. The van der Waals surface area contributed by atoms with Crippen LogP contribution in [0.4, 0.5) is 4.39 Å². The average Bonchev–Trinajstić information content (AvgIpc) is 2.69. The second-order valence-electron chi connectivity index (χ2n) is 6.49. The maximum absolute atomic E-state index is 13.3. The number of hydrogen-bond acceptors (Lipinski definition) is 2. The van der Waals surface area contributed by atoms with Crippen LogP contribution in [-0.4, -0.2) is 18.4 Å². The largest absolute Gasteiger partial charge is 0.351 e. The van der Waals surface area contributed by atoms with Crippen molar-refractivity contribution in [2.75, 3.05) is 6.54 Å². The molecule has 0 aliphatic carbocycles. The van der Waals surface area contributed by atoms with Crippen molar-refractivity contribution < 1.29 is 14.0 Å². The number of amides is 2. The van der Waals surface area contributed by atoms with E-state index in [2.05, 4.69) is 26.6 Å². The number of halogens is 2. The van der Waals surface area contributed by atoms with E-state index < -0.39 is 11.7 Å². The molecule has 0 saturated heterocycles. The molecule has 1 atom stereocenters. The summed E-state index contributed by atoms with van der Waals surface area (Å²) >= 11 is 3.22. The van der Waals surface area contributed by atoms with E-state index in [0.717, 1.165) is 22.4 Å². The highest BCUT2D eigenvalue weighted by Crippen LogP contribution is 2.24. The van der Waals surface area contributed by atoms with Crippen LogP contribution < -0.4 is 10.6 Å². The first-order chi connectivity index (χ1) is 13.5. The van der Waals surface area contributed by atoms with Gasteiger partial charge in [-0.2, -0.15) is 0 Å². The summed E-state index contributed by atoms with van der Waals surface area (Å²) < 4.78 is 13.8. The van der Waals surface area contributed by atoms with Gasteiger partial charge in [-0.05, 0) is 57.4 Å². The molecule has 0 aliphatic heterocycles. The van der Waals surface area contributed by atoms with Gasteiger partial charge in [0.2, 0.25) is 5.91 Å². The fourth-order valence-electron chi connectivity index (χ4n) is 3.08. The van der Waals surface area contributed by atoms with Gasteiger partial charge in [-0.25, -0.2) is 4.39 Å². The fraction of sp³-hybridized carbons (Fsp3) is 0.182. The van der Waals surface area contributed by atoms with Gasteiger partial charge in [0, 0.05) is 17.4 Å². The quantitative estimate of drug-likeness (QED) is 0.579. The molecule has 2 N–H and O–H groups in total. The Morgan fingerprint density at radius 1 is 1.07 bits per heavy atom. The Balaban J connectivity index is 1.55. The SMILES string of the molecule is CC(NC(=O)CCNC(=O)c1cc(F)ccc1Br)c1cccc2ccccc12. The maximum Gasteiger partial charge on any atom is 0.252 e. The molecule has 0 radical (unpaired) electrons. The Labute approximate surface area is 171 Å². The van der Waals surface area contributed by atoms with E-state index in [1.165, 1.54) is 12.1 Å². The van der Waals surface area contributed by atoms with E-state index in [0.29, 0.717) is 4.47 Å². The number of fused-ring (bicyclic) bond motifs is 1. The zero-order valence-electron chi connectivity index (χ0n) is 15.3. The predicted octanol–water partition coefficient (Wildman–Crippen LogP) is 4.74. The molecule has 3 aromatic carbocycles. The lowest BCUT2D eigenvalue weighted by atomic mass is 9.99. The Morgan fingerprint density at radius 2 is 1.82 bits per heavy atom. The van der Waals surface area contributed by atoms with Crippen LogP contribution in [-0.2, 0) is 4.79 Å². The number of carbonyl (C=O) groups is 2. The Kier molecular flexibility index (Phi) is 6.41. The van der Waals surface area contributed by atoms with E-state index >= 15 is 0 Å². The fourth-order valence-corrected chi connectivity index (χ4v) is 3.50. The monoisotopic (exact) mass is 442 g/mol. The summed E-state index contributed by atoms with van der Waals surface area (Å²) in [6.45, 7) is 2.10. The number of hydrogen-bond donors (Lipinski definition) is 2. The van der Waals surface area contributed by atoms with E-state index in [9.17, 15) is 14.0 Å². The zero-order chi connectivity index (χ0) is 20.1.